The Morgan fingerprint density at radius 1 is 0.656 bits per heavy atom. The molecule has 170 valence electrons. The molecule has 3 rings (SSSR count). The van der Waals surface area contributed by atoms with Gasteiger partial charge in [0.1, 0.15) is 23.2 Å². The third-order valence-corrected chi connectivity index (χ3v) is 10.3. The maximum atomic E-state index is 11.5. The van der Waals surface area contributed by atoms with Crippen LogP contribution in [0.1, 0.15) is 45.4 Å². The summed E-state index contributed by atoms with van der Waals surface area (Å²) in [6, 6.07) is 33.2. The average Bonchev–Trinajstić information content (AvgIpc) is 2.83. The van der Waals surface area contributed by atoms with E-state index in [4.69, 9.17) is 4.74 Å². The highest BCUT2D eigenvalue weighted by atomic mass is 79.9. The van der Waals surface area contributed by atoms with Crippen LogP contribution >= 0.6 is 7.26 Å². The van der Waals surface area contributed by atoms with Crippen molar-refractivity contribution < 1.29 is 26.5 Å². The van der Waals surface area contributed by atoms with E-state index in [-0.39, 0.29) is 23.0 Å². The molecule has 0 N–H and O–H groups in total. The molecule has 0 unspecified atom stereocenters. The summed E-state index contributed by atoms with van der Waals surface area (Å²) in [5.74, 6) is -0.0651. The molecule has 2 nitrogen and oxygen atoms in total. The highest BCUT2D eigenvalue weighted by molar-refractivity contribution is 7.95. The Balaban J connectivity index is 0.00000363. The molecular formula is C28H34BrO2P. The quantitative estimate of drug-likeness (QED) is 0.212. The Labute approximate surface area is 204 Å². The Bertz CT molecular complexity index is 804. The lowest BCUT2D eigenvalue weighted by molar-refractivity contribution is -0.143. The molecule has 32 heavy (non-hydrogen) atoms. The molecule has 0 aliphatic carbocycles. The van der Waals surface area contributed by atoms with E-state index < -0.39 is 7.26 Å². The summed E-state index contributed by atoms with van der Waals surface area (Å²) in [7, 11) is -1.71. The van der Waals surface area contributed by atoms with Gasteiger partial charge in [0.2, 0.25) is 0 Å². The van der Waals surface area contributed by atoms with E-state index in [0.717, 1.165) is 19.3 Å². The van der Waals surface area contributed by atoms with Crippen molar-refractivity contribution in [2.75, 3.05) is 12.8 Å². The Kier molecular flexibility index (Phi) is 11.7. The number of carbonyl (C=O) groups excluding carboxylic acids is 1. The van der Waals surface area contributed by atoms with Crippen molar-refractivity contribution in [2.24, 2.45) is 0 Å². The summed E-state index contributed by atoms with van der Waals surface area (Å²) in [4.78, 5) is 11.5. The summed E-state index contributed by atoms with van der Waals surface area (Å²) in [6.07, 6.45) is 7.27. The van der Waals surface area contributed by atoms with Crippen molar-refractivity contribution in [3.63, 3.8) is 0 Å². The van der Waals surface area contributed by atoms with Crippen molar-refractivity contribution in [1.82, 2.24) is 0 Å². The molecular weight excluding hydrogens is 479 g/mol. The van der Waals surface area contributed by atoms with Crippen LogP contribution in [0.15, 0.2) is 91.0 Å². The molecule has 0 aliphatic rings. The second-order valence-electron chi connectivity index (χ2n) is 7.86. The first-order valence-electron chi connectivity index (χ1n) is 11.5. The van der Waals surface area contributed by atoms with E-state index >= 15 is 0 Å². The topological polar surface area (TPSA) is 26.3 Å². The van der Waals surface area contributed by atoms with Crippen LogP contribution in [0.5, 0.6) is 0 Å². The van der Waals surface area contributed by atoms with Crippen LogP contribution in [-0.4, -0.2) is 18.7 Å². The van der Waals surface area contributed by atoms with Gasteiger partial charge in [-0.2, -0.15) is 0 Å². The minimum Gasteiger partial charge on any atom is -1.00 e. The van der Waals surface area contributed by atoms with Crippen molar-refractivity contribution in [3.05, 3.63) is 91.0 Å². The second kappa shape index (κ2) is 14.2. The van der Waals surface area contributed by atoms with Crippen LogP contribution in [0.4, 0.5) is 0 Å². The highest BCUT2D eigenvalue weighted by Gasteiger charge is 2.44. The Morgan fingerprint density at radius 2 is 1.06 bits per heavy atom. The van der Waals surface area contributed by atoms with Crippen LogP contribution in [-0.2, 0) is 9.53 Å². The van der Waals surface area contributed by atoms with Gasteiger partial charge in [0.05, 0.1) is 12.8 Å². The minimum absolute atomic E-state index is 0. The maximum absolute atomic E-state index is 11.5. The molecule has 0 fully saturated rings. The molecule has 0 amide bonds. The number of hydrogen-bond donors (Lipinski definition) is 0. The fourth-order valence-electron chi connectivity index (χ4n) is 4.26. The smallest absolute Gasteiger partial charge is 0.305 e. The van der Waals surface area contributed by atoms with E-state index in [0.29, 0.717) is 13.0 Å². The number of esters is 1. The van der Waals surface area contributed by atoms with Crippen LogP contribution in [0.2, 0.25) is 0 Å². The molecule has 0 aromatic heterocycles. The van der Waals surface area contributed by atoms with E-state index in [9.17, 15) is 4.79 Å². The van der Waals surface area contributed by atoms with Gasteiger partial charge in [-0.05, 0) is 62.6 Å². The molecule has 3 aromatic rings. The van der Waals surface area contributed by atoms with Crippen LogP contribution in [0.25, 0.3) is 0 Å². The van der Waals surface area contributed by atoms with Gasteiger partial charge in [-0.1, -0.05) is 67.4 Å². The molecule has 0 aliphatic heterocycles. The Morgan fingerprint density at radius 3 is 1.50 bits per heavy atom. The second-order valence-corrected chi connectivity index (χ2v) is 11.5. The zero-order valence-corrected chi connectivity index (χ0v) is 21.4. The molecule has 0 radical (unpaired) electrons. The first kappa shape index (κ1) is 26.3. The number of rotatable bonds is 12. The first-order valence-corrected chi connectivity index (χ1v) is 13.5. The van der Waals surface area contributed by atoms with Crippen molar-refractivity contribution >= 4 is 29.1 Å². The van der Waals surface area contributed by atoms with Gasteiger partial charge < -0.3 is 21.7 Å². The van der Waals surface area contributed by atoms with Gasteiger partial charge in [-0.15, -0.1) is 0 Å². The molecule has 0 heterocycles. The number of unbranched alkanes of at least 4 members (excludes halogenated alkanes) is 4. The highest BCUT2D eigenvalue weighted by Crippen LogP contribution is 2.55. The van der Waals surface area contributed by atoms with E-state index in [2.05, 4.69) is 91.0 Å². The van der Waals surface area contributed by atoms with Crippen molar-refractivity contribution in [1.29, 1.82) is 0 Å². The molecule has 0 saturated carbocycles. The number of hydrogen-bond acceptors (Lipinski definition) is 2. The van der Waals surface area contributed by atoms with Gasteiger partial charge in [0.15, 0.2) is 0 Å². The number of halogens is 1. The zero-order chi connectivity index (χ0) is 21.8. The SMILES string of the molecule is CCOC(=O)CCCCCCC[P+](c1ccccc1)(c1ccccc1)c1ccccc1.[Br-]. The summed E-state index contributed by atoms with van der Waals surface area (Å²) in [5, 5.41) is 4.36. The molecule has 3 aromatic carbocycles. The third kappa shape index (κ3) is 7.02. The largest absolute Gasteiger partial charge is 1.00 e. The lowest BCUT2D eigenvalue weighted by Gasteiger charge is -2.27. The molecule has 0 atom stereocenters. The lowest BCUT2D eigenvalue weighted by Crippen LogP contribution is -3.00. The first-order chi connectivity index (χ1) is 15.3. The van der Waals surface area contributed by atoms with Crippen molar-refractivity contribution in [2.45, 2.75) is 45.4 Å². The molecule has 0 bridgehead atoms. The minimum atomic E-state index is -1.71. The van der Waals surface area contributed by atoms with Gasteiger partial charge in [-0.3, -0.25) is 4.79 Å². The fourth-order valence-corrected chi connectivity index (χ4v) is 8.67. The standard InChI is InChI=1S/C28H34O2P.BrH/c1-2-30-28(29)23-15-4-3-5-16-24-31(25-17-9-6-10-18-25,26-19-11-7-12-20-26)27-21-13-8-14-22-27;/h6-14,17-22H,2-5,15-16,23-24H2,1H3;1H/q+1;/p-1. The lowest BCUT2D eigenvalue weighted by atomic mass is 10.1. The fraction of sp³-hybridized carbons (Fsp3) is 0.321. The molecule has 0 saturated heterocycles. The van der Waals surface area contributed by atoms with Crippen LogP contribution in [0, 0.1) is 0 Å². The van der Waals surface area contributed by atoms with Gasteiger partial charge in [0, 0.05) is 6.42 Å². The summed E-state index contributed by atoms with van der Waals surface area (Å²) < 4.78 is 5.03. The Hall–Kier alpha value is -1.96. The van der Waals surface area contributed by atoms with Crippen molar-refractivity contribution in [3.8, 4) is 0 Å². The third-order valence-electron chi connectivity index (χ3n) is 5.77. The van der Waals surface area contributed by atoms with E-state index in [1.807, 2.05) is 6.92 Å². The average molecular weight is 513 g/mol. The number of ether oxygens (including phenoxy) is 1. The number of carbonyl (C=O) groups is 1. The van der Waals surface area contributed by atoms with Crippen LogP contribution in [0.3, 0.4) is 0 Å². The molecule has 4 heteroatoms. The van der Waals surface area contributed by atoms with E-state index in [1.165, 1.54) is 34.9 Å². The normalized spacial score (nSPS) is 10.9. The van der Waals surface area contributed by atoms with Gasteiger partial charge in [0.25, 0.3) is 0 Å². The van der Waals surface area contributed by atoms with E-state index in [1.54, 1.807) is 0 Å². The monoisotopic (exact) mass is 512 g/mol. The van der Waals surface area contributed by atoms with Gasteiger partial charge in [-0.25, -0.2) is 0 Å². The summed E-state index contributed by atoms with van der Waals surface area (Å²) >= 11 is 0. The predicted molar refractivity (Wildman–Crippen MR) is 134 cm³/mol. The number of benzene rings is 3. The predicted octanol–water partition coefficient (Wildman–Crippen LogP) is 2.89. The zero-order valence-electron chi connectivity index (χ0n) is 19.0. The summed E-state index contributed by atoms with van der Waals surface area (Å²) in [5.41, 5.74) is 0. The molecule has 0 spiro atoms. The summed E-state index contributed by atoms with van der Waals surface area (Å²) in [6.45, 7) is 2.34. The maximum Gasteiger partial charge on any atom is 0.305 e. The van der Waals surface area contributed by atoms with Crippen LogP contribution < -0.4 is 32.9 Å². The van der Waals surface area contributed by atoms with Gasteiger partial charge >= 0.3 is 5.97 Å².